The van der Waals surface area contributed by atoms with E-state index < -0.39 is 15.8 Å². The van der Waals surface area contributed by atoms with Crippen molar-refractivity contribution in [3.8, 4) is 0 Å². The number of aromatic carboxylic acids is 1. The van der Waals surface area contributed by atoms with Gasteiger partial charge in [0.05, 0.1) is 48.9 Å². The molecule has 2 heterocycles. The number of carboxylic acid groups (broad SMARTS) is 1. The van der Waals surface area contributed by atoms with Crippen LogP contribution in [-0.4, -0.2) is 54.1 Å². The van der Waals surface area contributed by atoms with Crippen LogP contribution in [0.1, 0.15) is 15.2 Å². The van der Waals surface area contributed by atoms with Gasteiger partial charge in [-0.15, -0.1) is 34.9 Å². The van der Waals surface area contributed by atoms with E-state index in [0.29, 0.717) is 22.0 Å². The largest absolute Gasteiger partial charge is 0.477 e. The lowest BCUT2D eigenvalue weighted by Crippen LogP contribution is -2.43. The molecule has 0 bridgehead atoms. The van der Waals surface area contributed by atoms with Gasteiger partial charge in [-0.2, -0.15) is 0 Å². The maximum atomic E-state index is 13.1. The Hall–Kier alpha value is -3.33. The summed E-state index contributed by atoms with van der Waals surface area (Å²) in [6.45, 7) is 0. The Morgan fingerprint density at radius 3 is 2.03 bits per heavy atom. The number of amides is 2. The van der Waals surface area contributed by atoms with Crippen molar-refractivity contribution in [2.24, 2.45) is 4.99 Å². The molecular weight excluding hydrogens is 557 g/mol. The zero-order chi connectivity index (χ0) is 26.9. The molecule has 0 unspecified atom stereocenters. The standard InChI is InChI=1S/C23H20N4O6S4/c1-34-22(18-19(24)20(23(30)31)36-21(18)25)26-12-2-6-14(7-3-12)37(32,33)15-8-4-13(5-9-15)27-16(28)10-35-11-17(27)29/h2-9H,10-11,24-25H2,1H3,(H,30,31). The minimum atomic E-state index is -3.89. The number of hydrogen-bond donors (Lipinski definition) is 3. The maximum absolute atomic E-state index is 13.1. The second kappa shape index (κ2) is 10.6. The lowest BCUT2D eigenvalue weighted by atomic mass is 10.2. The number of anilines is 3. The van der Waals surface area contributed by atoms with Crippen molar-refractivity contribution >= 4 is 89.6 Å². The Labute approximate surface area is 224 Å². The number of thioether (sulfide) groups is 2. The summed E-state index contributed by atoms with van der Waals surface area (Å²) in [5.41, 5.74) is 13.1. The quantitative estimate of drug-likeness (QED) is 0.224. The second-order valence-electron chi connectivity index (χ2n) is 7.62. The van der Waals surface area contributed by atoms with E-state index in [1.807, 2.05) is 0 Å². The molecule has 1 aliphatic heterocycles. The van der Waals surface area contributed by atoms with Gasteiger partial charge in [-0.25, -0.2) is 23.1 Å². The second-order valence-corrected chi connectivity index (χ2v) is 12.4. The number of thiophene rings is 1. The van der Waals surface area contributed by atoms with Crippen molar-refractivity contribution in [2.75, 3.05) is 34.1 Å². The molecule has 1 saturated heterocycles. The Morgan fingerprint density at radius 1 is 1.00 bits per heavy atom. The van der Waals surface area contributed by atoms with E-state index in [-0.39, 0.29) is 48.7 Å². The molecule has 3 aromatic rings. The van der Waals surface area contributed by atoms with Crippen molar-refractivity contribution in [1.29, 1.82) is 0 Å². The molecule has 1 aromatic heterocycles. The van der Waals surface area contributed by atoms with Gasteiger partial charge in [0, 0.05) is 0 Å². The monoisotopic (exact) mass is 576 g/mol. The van der Waals surface area contributed by atoms with Crippen molar-refractivity contribution in [3.05, 3.63) is 59.0 Å². The smallest absolute Gasteiger partial charge is 0.348 e. The van der Waals surface area contributed by atoms with Crippen LogP contribution in [0.2, 0.25) is 0 Å². The van der Waals surface area contributed by atoms with E-state index in [2.05, 4.69) is 4.99 Å². The van der Waals surface area contributed by atoms with Crippen LogP contribution in [0.25, 0.3) is 0 Å². The molecule has 1 aliphatic rings. The number of nitrogen functional groups attached to an aromatic ring is 2. The summed E-state index contributed by atoms with van der Waals surface area (Å²) in [7, 11) is -3.89. The predicted octanol–water partition coefficient (Wildman–Crippen LogP) is 3.49. The fraction of sp³-hybridized carbons (Fsp3) is 0.130. The molecule has 0 spiro atoms. The molecule has 5 N–H and O–H groups in total. The number of benzene rings is 2. The molecule has 0 atom stereocenters. The van der Waals surface area contributed by atoms with E-state index in [0.717, 1.165) is 16.2 Å². The first kappa shape index (κ1) is 26.7. The van der Waals surface area contributed by atoms with Crippen LogP contribution in [0.5, 0.6) is 0 Å². The summed E-state index contributed by atoms with van der Waals surface area (Å²) in [5, 5.41) is 9.90. The minimum Gasteiger partial charge on any atom is -0.477 e. The highest BCUT2D eigenvalue weighted by atomic mass is 32.2. The molecule has 37 heavy (non-hydrogen) atoms. The summed E-state index contributed by atoms with van der Waals surface area (Å²) in [4.78, 5) is 41.1. The lowest BCUT2D eigenvalue weighted by molar-refractivity contribution is -0.124. The number of carbonyl (C=O) groups is 3. The Balaban J connectivity index is 1.60. The van der Waals surface area contributed by atoms with E-state index >= 15 is 0 Å². The minimum absolute atomic E-state index is 0.00334. The molecule has 2 amide bonds. The topological polar surface area (TPSA) is 173 Å². The molecule has 0 saturated carbocycles. The highest BCUT2D eigenvalue weighted by molar-refractivity contribution is 8.13. The van der Waals surface area contributed by atoms with Gasteiger partial charge in [0.25, 0.3) is 0 Å². The van der Waals surface area contributed by atoms with Gasteiger partial charge >= 0.3 is 5.97 Å². The molecule has 0 aliphatic carbocycles. The third-order valence-corrected chi connectivity index (χ3v) is 9.70. The molecular formula is C23H20N4O6S4. The molecule has 1 fully saturated rings. The number of nitrogens with zero attached hydrogens (tertiary/aromatic N) is 2. The Bertz CT molecular complexity index is 1510. The van der Waals surface area contributed by atoms with Crippen molar-refractivity contribution < 1.29 is 27.9 Å². The zero-order valence-electron chi connectivity index (χ0n) is 19.2. The van der Waals surface area contributed by atoms with Gasteiger partial charge in [0.1, 0.15) is 9.92 Å². The lowest BCUT2D eigenvalue weighted by Gasteiger charge is -2.24. The van der Waals surface area contributed by atoms with Gasteiger partial charge < -0.3 is 16.6 Å². The number of carbonyl (C=O) groups excluding carboxylic acids is 2. The van der Waals surface area contributed by atoms with Crippen LogP contribution in [0.3, 0.4) is 0 Å². The van der Waals surface area contributed by atoms with Gasteiger partial charge in [0.15, 0.2) is 0 Å². The van der Waals surface area contributed by atoms with Gasteiger partial charge in [-0.1, -0.05) is 0 Å². The third-order valence-electron chi connectivity index (χ3n) is 5.31. The average Bonchev–Trinajstić information content (AvgIpc) is 3.17. The molecule has 2 aromatic carbocycles. The van der Waals surface area contributed by atoms with Gasteiger partial charge in [0.2, 0.25) is 21.7 Å². The van der Waals surface area contributed by atoms with Crippen molar-refractivity contribution in [3.63, 3.8) is 0 Å². The normalized spacial score (nSPS) is 14.7. The SMILES string of the molecule is CSC(=Nc1ccc(S(=O)(=O)c2ccc(N3C(=O)CSCC3=O)cc2)cc1)c1c(N)sc(C(=O)O)c1N. The molecule has 192 valence electrons. The number of aliphatic imine (C=N–C) groups is 1. The van der Waals surface area contributed by atoms with E-state index in [9.17, 15) is 27.9 Å². The Morgan fingerprint density at radius 2 is 1.54 bits per heavy atom. The average molecular weight is 577 g/mol. The van der Waals surface area contributed by atoms with Crippen LogP contribution in [0.15, 0.2) is 63.3 Å². The summed E-state index contributed by atoms with van der Waals surface area (Å²) in [6.07, 6.45) is 1.74. The summed E-state index contributed by atoms with van der Waals surface area (Å²) < 4.78 is 26.3. The predicted molar refractivity (Wildman–Crippen MR) is 148 cm³/mol. The number of hydrogen-bond acceptors (Lipinski definition) is 11. The Kier molecular flexibility index (Phi) is 7.64. The summed E-state index contributed by atoms with van der Waals surface area (Å²) >= 11 is 3.32. The summed E-state index contributed by atoms with van der Waals surface area (Å²) in [6, 6.07) is 11.4. The highest BCUT2D eigenvalue weighted by Gasteiger charge is 2.28. The van der Waals surface area contributed by atoms with Crippen LogP contribution in [0, 0.1) is 0 Å². The first-order valence-electron chi connectivity index (χ1n) is 10.5. The molecule has 14 heteroatoms. The fourth-order valence-electron chi connectivity index (χ4n) is 3.55. The first-order chi connectivity index (χ1) is 17.5. The first-order valence-corrected chi connectivity index (χ1v) is 15.1. The van der Waals surface area contributed by atoms with Crippen LogP contribution < -0.4 is 16.4 Å². The zero-order valence-corrected chi connectivity index (χ0v) is 22.5. The van der Waals surface area contributed by atoms with E-state index in [1.165, 1.54) is 72.1 Å². The number of imide groups is 1. The number of carboxylic acids is 1. The fourth-order valence-corrected chi connectivity index (χ4v) is 7.04. The van der Waals surface area contributed by atoms with Crippen LogP contribution >= 0.6 is 34.9 Å². The number of nitrogens with two attached hydrogens (primary N) is 2. The third kappa shape index (κ3) is 5.23. The van der Waals surface area contributed by atoms with E-state index in [1.54, 1.807) is 6.26 Å². The van der Waals surface area contributed by atoms with Crippen LogP contribution in [0.4, 0.5) is 22.1 Å². The number of sulfone groups is 1. The maximum Gasteiger partial charge on any atom is 0.348 e. The van der Waals surface area contributed by atoms with Gasteiger partial charge in [-0.3, -0.25) is 9.59 Å². The molecule has 4 rings (SSSR count). The van der Waals surface area contributed by atoms with Crippen molar-refractivity contribution in [2.45, 2.75) is 9.79 Å². The number of rotatable bonds is 6. The highest BCUT2D eigenvalue weighted by Crippen LogP contribution is 2.37. The van der Waals surface area contributed by atoms with Crippen LogP contribution in [-0.2, 0) is 19.4 Å². The summed E-state index contributed by atoms with van der Waals surface area (Å²) in [5.74, 6) is -1.50. The van der Waals surface area contributed by atoms with Gasteiger partial charge in [-0.05, 0) is 54.8 Å². The van der Waals surface area contributed by atoms with E-state index in [4.69, 9.17) is 11.5 Å². The molecule has 10 nitrogen and oxygen atoms in total. The molecule has 0 radical (unpaired) electrons. The van der Waals surface area contributed by atoms with Crippen molar-refractivity contribution in [1.82, 2.24) is 0 Å².